The average Bonchev–Trinajstić information content (AvgIpc) is 2.49. The van der Waals surface area contributed by atoms with E-state index in [1.807, 2.05) is 19.3 Å². The van der Waals surface area contributed by atoms with Crippen LogP contribution in [0.5, 0.6) is 0 Å². The number of anilines is 1. The second kappa shape index (κ2) is 5.36. The van der Waals surface area contributed by atoms with E-state index in [1.165, 1.54) is 5.69 Å². The molecule has 0 atom stereocenters. The van der Waals surface area contributed by atoms with Crippen molar-refractivity contribution in [3.8, 4) is 11.4 Å². The number of aromatic nitrogens is 2. The number of hydrogen-bond donors (Lipinski definition) is 1. The Morgan fingerprint density at radius 1 is 1.00 bits per heavy atom. The largest absolute Gasteiger partial charge is 0.369 e. The lowest BCUT2D eigenvalue weighted by molar-refractivity contribution is 0.589. The fourth-order valence-electron chi connectivity index (χ4n) is 2.29. The molecule has 0 amide bonds. The van der Waals surface area contributed by atoms with Crippen molar-refractivity contribution < 1.29 is 0 Å². The first-order chi connectivity index (χ1) is 9.33. The smallest absolute Gasteiger partial charge is 0.159 e. The van der Waals surface area contributed by atoms with Crippen LogP contribution in [0, 0.1) is 6.92 Å². The van der Waals surface area contributed by atoms with Crippen LogP contribution in [-0.2, 0) is 0 Å². The first-order valence-electron chi connectivity index (χ1n) is 6.68. The van der Waals surface area contributed by atoms with Gasteiger partial charge in [0, 0.05) is 49.8 Å². The summed E-state index contributed by atoms with van der Waals surface area (Å²) in [6, 6.07) is 8.51. The van der Waals surface area contributed by atoms with Gasteiger partial charge in [-0.1, -0.05) is 0 Å². The third kappa shape index (κ3) is 2.74. The van der Waals surface area contributed by atoms with Crippen molar-refractivity contribution in [3.05, 3.63) is 42.2 Å². The van der Waals surface area contributed by atoms with Crippen LogP contribution in [0.3, 0.4) is 0 Å². The topological polar surface area (TPSA) is 41.1 Å². The summed E-state index contributed by atoms with van der Waals surface area (Å²) in [6.07, 6.45) is 3.71. The highest BCUT2D eigenvalue weighted by Gasteiger charge is 2.10. The molecule has 0 aliphatic carbocycles. The first kappa shape index (κ1) is 12.1. The predicted molar refractivity (Wildman–Crippen MR) is 77.3 cm³/mol. The molecule has 1 aromatic heterocycles. The molecular formula is C15H18N4. The fourth-order valence-corrected chi connectivity index (χ4v) is 2.29. The van der Waals surface area contributed by atoms with Crippen molar-refractivity contribution in [2.45, 2.75) is 6.92 Å². The average molecular weight is 254 g/mol. The molecule has 3 rings (SSSR count). The van der Waals surface area contributed by atoms with Gasteiger partial charge in [0.2, 0.25) is 0 Å². The minimum atomic E-state index is 0.789. The van der Waals surface area contributed by atoms with Crippen molar-refractivity contribution in [2.24, 2.45) is 0 Å². The summed E-state index contributed by atoms with van der Waals surface area (Å²) in [5, 5.41) is 3.37. The maximum Gasteiger partial charge on any atom is 0.159 e. The second-order valence-corrected chi connectivity index (χ2v) is 4.87. The summed E-state index contributed by atoms with van der Waals surface area (Å²) in [5.74, 6) is 0.789. The SMILES string of the molecule is Cc1cnc(-c2ccc(N3CCNCC3)cc2)nc1. The number of rotatable bonds is 2. The van der Waals surface area contributed by atoms with Crippen LogP contribution in [0.15, 0.2) is 36.7 Å². The predicted octanol–water partition coefficient (Wildman–Crippen LogP) is 1.86. The van der Waals surface area contributed by atoms with Gasteiger partial charge in [-0.3, -0.25) is 0 Å². The lowest BCUT2D eigenvalue weighted by Gasteiger charge is -2.29. The lowest BCUT2D eigenvalue weighted by Crippen LogP contribution is -2.43. The van der Waals surface area contributed by atoms with E-state index >= 15 is 0 Å². The standard InChI is InChI=1S/C15H18N4/c1-12-10-17-15(18-11-12)13-2-4-14(5-3-13)19-8-6-16-7-9-19/h2-5,10-11,16H,6-9H2,1H3. The van der Waals surface area contributed by atoms with Gasteiger partial charge >= 0.3 is 0 Å². The number of nitrogens with zero attached hydrogens (tertiary/aromatic N) is 3. The normalized spacial score (nSPS) is 15.5. The second-order valence-electron chi connectivity index (χ2n) is 4.87. The molecule has 2 heterocycles. The number of hydrogen-bond acceptors (Lipinski definition) is 4. The van der Waals surface area contributed by atoms with Crippen LogP contribution in [0.4, 0.5) is 5.69 Å². The third-order valence-electron chi connectivity index (χ3n) is 3.39. The Morgan fingerprint density at radius 2 is 1.63 bits per heavy atom. The molecule has 0 saturated carbocycles. The maximum atomic E-state index is 4.36. The van der Waals surface area contributed by atoms with E-state index in [9.17, 15) is 0 Å². The van der Waals surface area contributed by atoms with Crippen molar-refractivity contribution in [1.82, 2.24) is 15.3 Å². The molecule has 0 spiro atoms. The summed E-state index contributed by atoms with van der Waals surface area (Å²) < 4.78 is 0. The van der Waals surface area contributed by atoms with Gasteiger partial charge in [0.25, 0.3) is 0 Å². The molecule has 2 aromatic rings. The summed E-state index contributed by atoms with van der Waals surface area (Å²) in [7, 11) is 0. The lowest BCUT2D eigenvalue weighted by atomic mass is 10.1. The van der Waals surface area contributed by atoms with Gasteiger partial charge in [0.1, 0.15) is 0 Å². The van der Waals surface area contributed by atoms with Gasteiger partial charge < -0.3 is 10.2 Å². The molecule has 1 aliphatic rings. The Morgan fingerprint density at radius 3 is 2.26 bits per heavy atom. The fraction of sp³-hybridized carbons (Fsp3) is 0.333. The summed E-state index contributed by atoms with van der Waals surface area (Å²) in [6.45, 7) is 6.25. The van der Waals surface area contributed by atoms with E-state index in [2.05, 4.69) is 44.5 Å². The minimum absolute atomic E-state index is 0.789. The van der Waals surface area contributed by atoms with E-state index in [4.69, 9.17) is 0 Å². The molecular weight excluding hydrogens is 236 g/mol. The van der Waals surface area contributed by atoms with Crippen molar-refractivity contribution in [2.75, 3.05) is 31.1 Å². The van der Waals surface area contributed by atoms with Crippen molar-refractivity contribution >= 4 is 5.69 Å². The molecule has 1 fully saturated rings. The van der Waals surface area contributed by atoms with Gasteiger partial charge in [0.15, 0.2) is 5.82 Å². The van der Waals surface area contributed by atoms with Gasteiger partial charge in [-0.2, -0.15) is 0 Å². The van der Waals surface area contributed by atoms with Crippen LogP contribution >= 0.6 is 0 Å². The molecule has 1 aromatic carbocycles. The van der Waals surface area contributed by atoms with E-state index < -0.39 is 0 Å². The molecule has 0 radical (unpaired) electrons. The van der Waals surface area contributed by atoms with Gasteiger partial charge in [-0.15, -0.1) is 0 Å². The first-order valence-corrected chi connectivity index (χ1v) is 6.68. The monoisotopic (exact) mass is 254 g/mol. The quantitative estimate of drug-likeness (QED) is 0.888. The summed E-state index contributed by atoms with van der Waals surface area (Å²) in [4.78, 5) is 11.1. The molecule has 4 heteroatoms. The zero-order chi connectivity index (χ0) is 13.1. The van der Waals surface area contributed by atoms with Crippen LogP contribution < -0.4 is 10.2 Å². The molecule has 1 saturated heterocycles. The highest BCUT2D eigenvalue weighted by molar-refractivity contribution is 5.60. The van der Waals surface area contributed by atoms with E-state index in [1.54, 1.807) is 0 Å². The van der Waals surface area contributed by atoms with Crippen LogP contribution in [-0.4, -0.2) is 36.1 Å². The Hall–Kier alpha value is -1.94. The number of benzene rings is 1. The zero-order valence-electron chi connectivity index (χ0n) is 11.1. The molecule has 1 aliphatic heterocycles. The van der Waals surface area contributed by atoms with E-state index in [-0.39, 0.29) is 0 Å². The van der Waals surface area contributed by atoms with Gasteiger partial charge in [-0.25, -0.2) is 9.97 Å². The summed E-state index contributed by atoms with van der Waals surface area (Å²) in [5.41, 5.74) is 3.43. The van der Waals surface area contributed by atoms with E-state index in [0.29, 0.717) is 0 Å². The Balaban J connectivity index is 1.80. The Kier molecular flexibility index (Phi) is 3.42. The Bertz CT molecular complexity index is 527. The van der Waals surface area contributed by atoms with Gasteiger partial charge in [-0.05, 0) is 36.8 Å². The van der Waals surface area contributed by atoms with Crippen molar-refractivity contribution in [1.29, 1.82) is 0 Å². The highest BCUT2D eigenvalue weighted by atomic mass is 15.2. The minimum Gasteiger partial charge on any atom is -0.369 e. The molecule has 4 nitrogen and oxygen atoms in total. The van der Waals surface area contributed by atoms with E-state index in [0.717, 1.165) is 43.1 Å². The molecule has 19 heavy (non-hydrogen) atoms. The van der Waals surface area contributed by atoms with Gasteiger partial charge in [0.05, 0.1) is 0 Å². The summed E-state index contributed by atoms with van der Waals surface area (Å²) >= 11 is 0. The number of nitrogens with one attached hydrogen (secondary N) is 1. The number of piperazine rings is 1. The Labute approximate surface area is 113 Å². The zero-order valence-corrected chi connectivity index (χ0v) is 11.1. The van der Waals surface area contributed by atoms with Crippen LogP contribution in [0.2, 0.25) is 0 Å². The van der Waals surface area contributed by atoms with Crippen molar-refractivity contribution in [3.63, 3.8) is 0 Å². The number of aryl methyl sites for hydroxylation is 1. The third-order valence-corrected chi connectivity index (χ3v) is 3.39. The molecule has 0 unspecified atom stereocenters. The van der Waals surface area contributed by atoms with Crippen LogP contribution in [0.1, 0.15) is 5.56 Å². The highest BCUT2D eigenvalue weighted by Crippen LogP contribution is 2.20. The van der Waals surface area contributed by atoms with Crippen LogP contribution in [0.25, 0.3) is 11.4 Å². The molecule has 1 N–H and O–H groups in total. The molecule has 0 bridgehead atoms. The maximum absolute atomic E-state index is 4.36. The molecule has 98 valence electrons.